The summed E-state index contributed by atoms with van der Waals surface area (Å²) in [5.41, 5.74) is 3.72. The molecule has 214 valence electrons. The number of rotatable bonds is 10. The van der Waals surface area contributed by atoms with E-state index in [1.165, 1.54) is 37.2 Å². The molecular formula is C29H29FN4O6S. The third kappa shape index (κ3) is 6.90. The van der Waals surface area contributed by atoms with Gasteiger partial charge in [0.25, 0.3) is 5.91 Å². The second-order valence-corrected chi connectivity index (χ2v) is 11.6. The highest BCUT2D eigenvalue weighted by Crippen LogP contribution is 2.38. The summed E-state index contributed by atoms with van der Waals surface area (Å²) >= 11 is 0. The van der Waals surface area contributed by atoms with Crippen LogP contribution in [-0.4, -0.2) is 63.1 Å². The van der Waals surface area contributed by atoms with E-state index in [2.05, 4.69) is 10.6 Å². The molecule has 1 heterocycles. The first-order valence-corrected chi connectivity index (χ1v) is 14.4. The van der Waals surface area contributed by atoms with Crippen LogP contribution in [0.4, 0.5) is 21.5 Å². The van der Waals surface area contributed by atoms with Crippen molar-refractivity contribution in [2.75, 3.05) is 41.8 Å². The number of hydrogen-bond donors (Lipinski definition) is 3. The first-order chi connectivity index (χ1) is 19.3. The normalized spacial score (nSPS) is 13.7. The molecule has 12 heteroatoms. The number of carbonyl (C=O) groups is 3. The summed E-state index contributed by atoms with van der Waals surface area (Å²) in [5.74, 6) is -2.24. The van der Waals surface area contributed by atoms with Crippen molar-refractivity contribution in [3.8, 4) is 0 Å². The lowest BCUT2D eigenvalue weighted by molar-refractivity contribution is -0.137. The minimum absolute atomic E-state index is 0.0239. The number of halogens is 1. The topological polar surface area (TPSA) is 136 Å². The number of carboxylic acids is 1. The molecule has 4 rings (SSSR count). The van der Waals surface area contributed by atoms with Crippen molar-refractivity contribution in [3.63, 3.8) is 0 Å². The Labute approximate surface area is 237 Å². The molecule has 10 nitrogen and oxygen atoms in total. The molecule has 1 aliphatic rings. The van der Waals surface area contributed by atoms with Crippen LogP contribution in [0.25, 0.3) is 11.3 Å². The Bertz CT molecular complexity index is 1630. The van der Waals surface area contributed by atoms with Gasteiger partial charge in [-0.05, 0) is 60.0 Å². The maximum atomic E-state index is 13.9. The number of nitrogens with zero attached hydrogens (tertiary/aromatic N) is 2. The molecule has 41 heavy (non-hydrogen) atoms. The molecule has 3 aromatic rings. The predicted molar refractivity (Wildman–Crippen MR) is 155 cm³/mol. The van der Waals surface area contributed by atoms with Gasteiger partial charge in [0.1, 0.15) is 12.4 Å². The maximum Gasteiger partial charge on any atom is 0.303 e. The number of benzene rings is 3. The van der Waals surface area contributed by atoms with Gasteiger partial charge in [0.05, 0.1) is 28.9 Å². The second-order valence-electron chi connectivity index (χ2n) is 9.71. The average molecular weight is 581 g/mol. The van der Waals surface area contributed by atoms with Crippen LogP contribution in [0.15, 0.2) is 66.7 Å². The molecular weight excluding hydrogens is 551 g/mol. The van der Waals surface area contributed by atoms with Crippen molar-refractivity contribution in [1.29, 1.82) is 0 Å². The smallest absolute Gasteiger partial charge is 0.303 e. The summed E-state index contributed by atoms with van der Waals surface area (Å²) in [5, 5.41) is 14.9. The van der Waals surface area contributed by atoms with Crippen LogP contribution in [0.3, 0.4) is 0 Å². The lowest BCUT2D eigenvalue weighted by atomic mass is 9.98. The molecule has 0 saturated carbocycles. The van der Waals surface area contributed by atoms with E-state index >= 15 is 0 Å². The van der Waals surface area contributed by atoms with E-state index in [1.54, 1.807) is 48.5 Å². The minimum atomic E-state index is -3.76. The van der Waals surface area contributed by atoms with Gasteiger partial charge in [-0.1, -0.05) is 24.3 Å². The number of aryl methyl sites for hydroxylation is 1. The van der Waals surface area contributed by atoms with E-state index in [0.717, 1.165) is 16.1 Å². The molecule has 0 spiro atoms. The summed E-state index contributed by atoms with van der Waals surface area (Å²) in [6.45, 7) is -0.365. The summed E-state index contributed by atoms with van der Waals surface area (Å²) in [4.78, 5) is 37.6. The molecule has 0 saturated heterocycles. The Morgan fingerprint density at radius 2 is 1.66 bits per heavy atom. The summed E-state index contributed by atoms with van der Waals surface area (Å²) < 4.78 is 39.7. The van der Waals surface area contributed by atoms with Crippen molar-refractivity contribution < 1.29 is 32.3 Å². The molecule has 0 bridgehead atoms. The molecule has 0 unspecified atom stereocenters. The van der Waals surface area contributed by atoms with Crippen molar-refractivity contribution >= 4 is 56.1 Å². The molecule has 0 fully saturated rings. The van der Waals surface area contributed by atoms with E-state index in [-0.39, 0.29) is 24.2 Å². The van der Waals surface area contributed by atoms with Crippen LogP contribution in [-0.2, 0) is 30.8 Å². The number of carbonyl (C=O) groups excluding carboxylic acids is 2. The number of amides is 2. The Morgan fingerprint density at radius 1 is 1.00 bits per heavy atom. The van der Waals surface area contributed by atoms with E-state index in [1.807, 2.05) is 0 Å². The molecule has 3 aromatic carbocycles. The highest BCUT2D eigenvalue weighted by molar-refractivity contribution is 7.92. The van der Waals surface area contributed by atoms with Crippen LogP contribution in [0.1, 0.15) is 23.1 Å². The van der Waals surface area contributed by atoms with Crippen LogP contribution >= 0.6 is 0 Å². The number of carboxylic acid groups (broad SMARTS) is 1. The third-order valence-corrected chi connectivity index (χ3v) is 7.59. The lowest BCUT2D eigenvalue weighted by Gasteiger charge is -2.24. The van der Waals surface area contributed by atoms with Gasteiger partial charge in [0.2, 0.25) is 15.9 Å². The van der Waals surface area contributed by atoms with Crippen LogP contribution in [0, 0.1) is 5.82 Å². The number of nitrogens with one attached hydrogen (secondary N) is 2. The van der Waals surface area contributed by atoms with Gasteiger partial charge in [-0.25, -0.2) is 12.8 Å². The molecule has 0 radical (unpaired) electrons. The maximum absolute atomic E-state index is 13.9. The largest absolute Gasteiger partial charge is 0.481 e. The first-order valence-electron chi connectivity index (χ1n) is 12.5. The molecule has 0 atom stereocenters. The van der Waals surface area contributed by atoms with Crippen LogP contribution in [0.5, 0.6) is 0 Å². The minimum Gasteiger partial charge on any atom is -0.481 e. The van der Waals surface area contributed by atoms with Crippen molar-refractivity contribution in [3.05, 3.63) is 89.2 Å². The quantitative estimate of drug-likeness (QED) is 0.312. The fourth-order valence-corrected chi connectivity index (χ4v) is 5.13. The molecule has 1 aliphatic heterocycles. The zero-order valence-electron chi connectivity index (χ0n) is 22.6. The molecule has 0 aromatic heterocycles. The zero-order valence-corrected chi connectivity index (χ0v) is 23.5. The Kier molecular flexibility index (Phi) is 8.43. The summed E-state index contributed by atoms with van der Waals surface area (Å²) in [7, 11) is -0.687. The summed E-state index contributed by atoms with van der Waals surface area (Å²) in [6, 6.07) is 17.4. The van der Waals surface area contributed by atoms with Gasteiger partial charge in [0, 0.05) is 31.8 Å². The van der Waals surface area contributed by atoms with Gasteiger partial charge < -0.3 is 20.6 Å². The van der Waals surface area contributed by atoms with E-state index in [9.17, 15) is 27.2 Å². The van der Waals surface area contributed by atoms with Gasteiger partial charge in [-0.3, -0.25) is 18.7 Å². The van der Waals surface area contributed by atoms with Crippen molar-refractivity contribution in [2.45, 2.75) is 12.8 Å². The molecule has 2 amide bonds. The molecule has 0 aliphatic carbocycles. The number of likely N-dealkylation sites (N-methyl/N-ethyl adjacent to an activating group) is 1. The standard InChI is InChI=1S/C29H29FN4O6S/c1-33(2)25(35)17-34(41(3,39)40)22-12-10-21(11-13-22)31-28(19-7-4-18(5-8-19)6-15-26(36)37)27-23-14-9-20(30)16-24(23)32-29(27)38/h4-5,7-14,16,31H,6,15,17H2,1-3H3,(H,32,38)(H,36,37). The van der Waals surface area contributed by atoms with Crippen molar-refractivity contribution in [2.24, 2.45) is 0 Å². The zero-order chi connectivity index (χ0) is 29.9. The van der Waals surface area contributed by atoms with Gasteiger partial charge >= 0.3 is 5.97 Å². The molecule has 3 N–H and O–H groups in total. The second kappa shape index (κ2) is 11.8. The SMILES string of the molecule is CN(C)C(=O)CN(c1ccc(NC(=C2C(=O)Nc3cc(F)ccc32)c2ccc(CCC(=O)O)cc2)cc1)S(C)(=O)=O. The van der Waals surface area contributed by atoms with E-state index in [0.29, 0.717) is 34.6 Å². The van der Waals surface area contributed by atoms with Crippen LogP contribution in [0.2, 0.25) is 0 Å². The van der Waals surface area contributed by atoms with Gasteiger partial charge in [0.15, 0.2) is 0 Å². The third-order valence-electron chi connectivity index (χ3n) is 6.45. The van der Waals surface area contributed by atoms with E-state index in [4.69, 9.17) is 5.11 Å². The Morgan fingerprint density at radius 3 is 2.24 bits per heavy atom. The first kappa shape index (κ1) is 29.3. The average Bonchev–Trinajstić information content (AvgIpc) is 3.23. The number of anilines is 3. The van der Waals surface area contributed by atoms with Crippen LogP contribution < -0.4 is 14.9 Å². The predicted octanol–water partition coefficient (Wildman–Crippen LogP) is 3.63. The Balaban J connectivity index is 1.73. The summed E-state index contributed by atoms with van der Waals surface area (Å²) in [6.07, 6.45) is 1.33. The number of sulfonamides is 1. The van der Waals surface area contributed by atoms with E-state index < -0.39 is 33.6 Å². The number of hydrogen-bond acceptors (Lipinski definition) is 6. The highest BCUT2D eigenvalue weighted by atomic mass is 32.2. The lowest BCUT2D eigenvalue weighted by Crippen LogP contribution is -2.39. The fourth-order valence-electron chi connectivity index (χ4n) is 4.28. The van der Waals surface area contributed by atoms with Gasteiger partial charge in [-0.15, -0.1) is 0 Å². The van der Waals surface area contributed by atoms with Crippen molar-refractivity contribution in [1.82, 2.24) is 4.90 Å². The number of aliphatic carboxylic acids is 1. The monoisotopic (exact) mass is 580 g/mol. The Hall–Kier alpha value is -4.71. The number of fused-ring (bicyclic) bond motifs is 1. The fraction of sp³-hybridized carbons (Fsp3) is 0.207. The van der Waals surface area contributed by atoms with Gasteiger partial charge in [-0.2, -0.15) is 0 Å². The highest BCUT2D eigenvalue weighted by Gasteiger charge is 2.29.